The van der Waals surface area contributed by atoms with Crippen molar-refractivity contribution in [3.63, 3.8) is 0 Å². The van der Waals surface area contributed by atoms with Gasteiger partial charge in [0.25, 0.3) is 0 Å². The van der Waals surface area contributed by atoms with Gasteiger partial charge in [0.2, 0.25) is 5.91 Å². The minimum atomic E-state index is -3.13. The van der Waals surface area contributed by atoms with Gasteiger partial charge in [-0.15, -0.1) is 0 Å². The van der Waals surface area contributed by atoms with Crippen LogP contribution in [0.3, 0.4) is 0 Å². The third-order valence-electron chi connectivity index (χ3n) is 3.40. The largest absolute Gasteiger partial charge is 0.335 e. The first kappa shape index (κ1) is 20.1. The van der Waals surface area contributed by atoms with Crippen molar-refractivity contribution in [3.8, 4) is 0 Å². The van der Waals surface area contributed by atoms with Crippen LogP contribution in [0.25, 0.3) is 6.08 Å². The summed E-state index contributed by atoms with van der Waals surface area (Å²) in [5.41, 5.74) is 2.32. The van der Waals surface area contributed by atoms with E-state index in [4.69, 9.17) is 9.05 Å². The van der Waals surface area contributed by atoms with Crippen LogP contribution in [0.2, 0.25) is 0 Å². The summed E-state index contributed by atoms with van der Waals surface area (Å²) >= 11 is 0. The van der Waals surface area contributed by atoms with Gasteiger partial charge in [-0.05, 0) is 37.6 Å². The Kier molecular flexibility index (Phi) is 7.33. The minimum absolute atomic E-state index is 0.198. The van der Waals surface area contributed by atoms with E-state index in [0.717, 1.165) is 11.1 Å². The smallest absolute Gasteiger partial charge is 0.323 e. The van der Waals surface area contributed by atoms with E-state index in [-0.39, 0.29) is 12.1 Å². The Labute approximate surface area is 153 Å². The molecule has 1 heterocycles. The zero-order valence-electron chi connectivity index (χ0n) is 15.2. The highest BCUT2D eigenvalue weighted by Gasteiger charge is 2.23. The van der Waals surface area contributed by atoms with Crippen molar-refractivity contribution >= 4 is 25.3 Å². The number of aromatic nitrogens is 2. The summed E-state index contributed by atoms with van der Waals surface area (Å²) in [7, 11) is -1.32. The summed E-state index contributed by atoms with van der Waals surface area (Å²) < 4.78 is 24.8. The number of carbonyl (C=O) groups excluding carboxylic acids is 1. The van der Waals surface area contributed by atoms with Crippen LogP contribution < -0.4 is 5.32 Å². The lowest BCUT2D eigenvalue weighted by atomic mass is 10.2. The second kappa shape index (κ2) is 9.48. The summed E-state index contributed by atoms with van der Waals surface area (Å²) in [5.74, 6) is -0.240. The first-order valence-corrected chi connectivity index (χ1v) is 10.1. The van der Waals surface area contributed by atoms with E-state index in [9.17, 15) is 9.36 Å². The summed E-state index contributed by atoms with van der Waals surface area (Å²) in [6.45, 7) is 4.22. The van der Waals surface area contributed by atoms with Gasteiger partial charge in [0.05, 0.1) is 25.6 Å². The quantitative estimate of drug-likeness (QED) is 0.530. The van der Waals surface area contributed by atoms with E-state index in [2.05, 4.69) is 10.4 Å². The fraction of sp³-hybridized carbons (Fsp3) is 0.333. The SMILES string of the molecule is CCOP(=O)(Cc1ccc(NC(=O)/C=C/c2cnn(C)c2)cc1)OCC. The van der Waals surface area contributed by atoms with Gasteiger partial charge in [0.15, 0.2) is 0 Å². The zero-order chi connectivity index (χ0) is 19.0. The highest BCUT2D eigenvalue weighted by molar-refractivity contribution is 7.53. The number of anilines is 1. The van der Waals surface area contributed by atoms with Crippen molar-refractivity contribution in [1.29, 1.82) is 0 Å². The molecular formula is C18H24N3O4P. The minimum Gasteiger partial charge on any atom is -0.323 e. The van der Waals surface area contributed by atoms with Crippen LogP contribution in [0, 0.1) is 0 Å². The summed E-state index contributed by atoms with van der Waals surface area (Å²) in [4.78, 5) is 12.0. The van der Waals surface area contributed by atoms with Crippen LogP contribution in [0.1, 0.15) is 25.0 Å². The second-order valence-electron chi connectivity index (χ2n) is 5.57. The van der Waals surface area contributed by atoms with Gasteiger partial charge in [0, 0.05) is 30.6 Å². The van der Waals surface area contributed by atoms with Gasteiger partial charge < -0.3 is 14.4 Å². The molecule has 140 valence electrons. The highest BCUT2D eigenvalue weighted by atomic mass is 31.2. The van der Waals surface area contributed by atoms with Crippen molar-refractivity contribution in [2.24, 2.45) is 7.05 Å². The lowest BCUT2D eigenvalue weighted by Gasteiger charge is -2.17. The van der Waals surface area contributed by atoms with Crippen LogP contribution in [0.4, 0.5) is 5.69 Å². The van der Waals surface area contributed by atoms with Crippen LogP contribution in [-0.4, -0.2) is 28.9 Å². The molecule has 0 spiro atoms. The fourth-order valence-corrected chi connectivity index (χ4v) is 4.02. The molecule has 26 heavy (non-hydrogen) atoms. The lowest BCUT2D eigenvalue weighted by Crippen LogP contribution is -2.07. The standard InChI is InChI=1S/C18H24N3O4P/c1-4-24-26(23,25-5-2)14-15-6-9-17(10-7-15)20-18(22)11-8-16-12-19-21(3)13-16/h6-13H,4-5,14H2,1-3H3,(H,20,22)/b11-8+. The average Bonchev–Trinajstić information content (AvgIpc) is 3.01. The third-order valence-corrected chi connectivity index (χ3v) is 5.46. The molecule has 0 unspecified atom stereocenters. The van der Waals surface area contributed by atoms with E-state index < -0.39 is 7.60 Å². The molecule has 0 bridgehead atoms. The maximum Gasteiger partial charge on any atom is 0.335 e. The molecule has 0 fully saturated rings. The zero-order valence-corrected chi connectivity index (χ0v) is 16.1. The molecule has 1 aromatic heterocycles. The molecule has 2 rings (SSSR count). The molecule has 0 aliphatic rings. The summed E-state index contributed by atoms with van der Waals surface area (Å²) in [6, 6.07) is 7.11. The molecule has 1 aromatic carbocycles. The lowest BCUT2D eigenvalue weighted by molar-refractivity contribution is -0.111. The number of aryl methyl sites for hydroxylation is 1. The Hall–Kier alpha value is -2.21. The topological polar surface area (TPSA) is 82.5 Å². The van der Waals surface area contributed by atoms with Crippen molar-refractivity contribution in [2.75, 3.05) is 18.5 Å². The van der Waals surface area contributed by atoms with Crippen molar-refractivity contribution in [1.82, 2.24) is 9.78 Å². The first-order chi connectivity index (χ1) is 12.4. The molecule has 0 saturated carbocycles. The summed E-state index contributed by atoms with van der Waals surface area (Å²) in [5, 5.41) is 6.81. The van der Waals surface area contributed by atoms with Crippen LogP contribution in [-0.2, 0) is 31.6 Å². The molecule has 0 saturated heterocycles. The molecule has 0 aliphatic heterocycles. The van der Waals surface area contributed by atoms with Gasteiger partial charge in [-0.1, -0.05) is 12.1 Å². The van der Waals surface area contributed by atoms with Gasteiger partial charge >= 0.3 is 7.60 Å². The number of nitrogens with zero attached hydrogens (tertiary/aromatic N) is 2. The van der Waals surface area contributed by atoms with Crippen molar-refractivity contribution in [2.45, 2.75) is 20.0 Å². The van der Waals surface area contributed by atoms with Crippen molar-refractivity contribution < 1.29 is 18.4 Å². The number of benzene rings is 1. The predicted octanol–water partition coefficient (Wildman–Crippen LogP) is 3.84. The van der Waals surface area contributed by atoms with Crippen LogP contribution >= 0.6 is 7.60 Å². The summed E-state index contributed by atoms with van der Waals surface area (Å²) in [6.07, 6.45) is 6.82. The Balaban J connectivity index is 1.95. The highest BCUT2D eigenvalue weighted by Crippen LogP contribution is 2.51. The average molecular weight is 377 g/mol. The van der Waals surface area contributed by atoms with Gasteiger partial charge in [-0.25, -0.2) is 0 Å². The molecule has 1 N–H and O–H groups in total. The maximum absolute atomic E-state index is 12.5. The Morgan fingerprint density at radius 2 is 1.88 bits per heavy atom. The van der Waals surface area contributed by atoms with E-state index >= 15 is 0 Å². The number of nitrogens with one attached hydrogen (secondary N) is 1. The second-order valence-corrected chi connectivity index (χ2v) is 7.63. The van der Waals surface area contributed by atoms with Crippen LogP contribution in [0.5, 0.6) is 0 Å². The van der Waals surface area contributed by atoms with Gasteiger partial charge in [-0.3, -0.25) is 14.0 Å². The number of hydrogen-bond donors (Lipinski definition) is 1. The molecule has 0 aliphatic carbocycles. The number of rotatable bonds is 9. The van der Waals surface area contributed by atoms with Gasteiger partial charge in [0.1, 0.15) is 0 Å². The number of amides is 1. The van der Waals surface area contributed by atoms with E-state index in [0.29, 0.717) is 18.9 Å². The Morgan fingerprint density at radius 3 is 2.42 bits per heavy atom. The molecule has 7 nitrogen and oxygen atoms in total. The monoisotopic (exact) mass is 377 g/mol. The van der Waals surface area contributed by atoms with E-state index in [1.807, 2.05) is 13.2 Å². The van der Waals surface area contributed by atoms with Crippen LogP contribution in [0.15, 0.2) is 42.7 Å². The molecule has 8 heteroatoms. The maximum atomic E-state index is 12.5. The fourth-order valence-electron chi connectivity index (χ4n) is 2.32. The van der Waals surface area contributed by atoms with E-state index in [1.54, 1.807) is 55.1 Å². The van der Waals surface area contributed by atoms with E-state index in [1.165, 1.54) is 6.08 Å². The Bertz CT molecular complexity index is 789. The predicted molar refractivity (Wildman–Crippen MR) is 102 cm³/mol. The molecule has 0 atom stereocenters. The Morgan fingerprint density at radius 1 is 1.23 bits per heavy atom. The third kappa shape index (κ3) is 6.26. The number of hydrogen-bond acceptors (Lipinski definition) is 5. The molecular weight excluding hydrogens is 353 g/mol. The normalized spacial score (nSPS) is 11.8. The first-order valence-electron chi connectivity index (χ1n) is 8.39. The molecule has 0 radical (unpaired) electrons. The van der Waals surface area contributed by atoms with Crippen molar-refractivity contribution in [3.05, 3.63) is 53.9 Å². The van der Waals surface area contributed by atoms with Gasteiger partial charge in [-0.2, -0.15) is 5.10 Å². The molecule has 2 aromatic rings. The molecule has 1 amide bonds. The number of carbonyl (C=O) groups is 1.